The lowest BCUT2D eigenvalue weighted by molar-refractivity contribution is 0.392. The molecule has 1 unspecified atom stereocenters. The van der Waals surface area contributed by atoms with Gasteiger partial charge in [0, 0.05) is 5.39 Å². The van der Waals surface area contributed by atoms with Crippen LogP contribution in [0.25, 0.3) is 11.0 Å². The Labute approximate surface area is 110 Å². The Morgan fingerprint density at radius 2 is 2.26 bits per heavy atom. The number of fused-ring (bicyclic) bond motifs is 1. The van der Waals surface area contributed by atoms with Crippen LogP contribution in [-0.2, 0) is 0 Å². The van der Waals surface area contributed by atoms with Crippen LogP contribution in [0.5, 0.6) is 0 Å². The van der Waals surface area contributed by atoms with Crippen molar-refractivity contribution in [2.24, 2.45) is 0 Å². The Morgan fingerprint density at radius 3 is 3.00 bits per heavy atom. The van der Waals surface area contributed by atoms with E-state index in [9.17, 15) is 0 Å². The number of nitrogens with zero attached hydrogens (tertiary/aromatic N) is 4. The van der Waals surface area contributed by atoms with Gasteiger partial charge >= 0.3 is 0 Å². The van der Waals surface area contributed by atoms with Gasteiger partial charge in [-0.1, -0.05) is 18.2 Å². The van der Waals surface area contributed by atoms with E-state index in [1.807, 2.05) is 31.3 Å². The van der Waals surface area contributed by atoms with Crippen LogP contribution in [-0.4, -0.2) is 33.8 Å². The summed E-state index contributed by atoms with van der Waals surface area (Å²) in [6.07, 6.45) is 2.48. The molecule has 1 aromatic carbocycles. The maximum Gasteiger partial charge on any atom is 0.138 e. The molecule has 0 aliphatic rings. The highest BCUT2D eigenvalue weighted by Gasteiger charge is 2.19. The van der Waals surface area contributed by atoms with E-state index in [4.69, 9.17) is 4.42 Å². The zero-order chi connectivity index (χ0) is 13.1. The lowest BCUT2D eigenvalue weighted by Gasteiger charge is -2.13. The number of nitrogens with one attached hydrogen (secondary N) is 1. The summed E-state index contributed by atoms with van der Waals surface area (Å²) in [6.45, 7) is 0.863. The van der Waals surface area contributed by atoms with Crippen molar-refractivity contribution in [2.75, 3.05) is 13.6 Å². The van der Waals surface area contributed by atoms with E-state index in [2.05, 4.69) is 26.9 Å². The molecule has 0 fully saturated rings. The largest absolute Gasteiger partial charge is 0.459 e. The lowest BCUT2D eigenvalue weighted by atomic mass is 10.1. The molecule has 3 rings (SSSR count). The summed E-state index contributed by atoms with van der Waals surface area (Å²) in [4.78, 5) is 0. The molecule has 2 aromatic heterocycles. The third-order valence-corrected chi connectivity index (χ3v) is 3.12. The first-order chi connectivity index (χ1) is 9.38. The standard InChI is InChI=1S/C13H15N5O/c1-14-7-6-11(18-9-15-16-17-18)13-8-10-4-2-3-5-12(10)19-13/h2-5,8-9,11,14H,6-7H2,1H3. The molecule has 19 heavy (non-hydrogen) atoms. The second-order valence-corrected chi connectivity index (χ2v) is 4.38. The molecular weight excluding hydrogens is 242 g/mol. The first-order valence-electron chi connectivity index (χ1n) is 6.24. The predicted molar refractivity (Wildman–Crippen MR) is 70.7 cm³/mol. The van der Waals surface area contributed by atoms with Gasteiger partial charge in [-0.05, 0) is 42.6 Å². The van der Waals surface area contributed by atoms with Gasteiger partial charge in [0.05, 0.1) is 0 Å². The highest BCUT2D eigenvalue weighted by molar-refractivity contribution is 5.77. The fraction of sp³-hybridized carbons (Fsp3) is 0.308. The summed E-state index contributed by atoms with van der Waals surface area (Å²) in [5.74, 6) is 0.878. The Hall–Kier alpha value is -2.21. The summed E-state index contributed by atoms with van der Waals surface area (Å²) in [7, 11) is 1.93. The van der Waals surface area contributed by atoms with Crippen LogP contribution < -0.4 is 5.32 Å². The second-order valence-electron chi connectivity index (χ2n) is 4.38. The number of rotatable bonds is 5. The summed E-state index contributed by atoms with van der Waals surface area (Å²) >= 11 is 0. The summed E-state index contributed by atoms with van der Waals surface area (Å²) in [6, 6.07) is 10.0. The number of para-hydroxylation sites is 1. The van der Waals surface area contributed by atoms with E-state index in [0.29, 0.717) is 0 Å². The Bertz CT molecular complexity index is 613. The second kappa shape index (κ2) is 5.19. The topological polar surface area (TPSA) is 68.8 Å². The van der Waals surface area contributed by atoms with Crippen molar-refractivity contribution >= 4 is 11.0 Å². The molecule has 0 saturated carbocycles. The maximum atomic E-state index is 5.91. The first kappa shape index (κ1) is 11.9. The molecular formula is C13H15N5O. The average Bonchev–Trinajstić information content (AvgIpc) is 3.08. The van der Waals surface area contributed by atoms with E-state index in [1.54, 1.807) is 11.0 Å². The van der Waals surface area contributed by atoms with E-state index in [1.165, 1.54) is 0 Å². The zero-order valence-corrected chi connectivity index (χ0v) is 10.7. The summed E-state index contributed by atoms with van der Waals surface area (Å²) in [5.41, 5.74) is 0.889. The molecule has 0 bridgehead atoms. The minimum atomic E-state index is 0.00912. The fourth-order valence-corrected chi connectivity index (χ4v) is 2.16. The molecule has 0 radical (unpaired) electrons. The minimum absolute atomic E-state index is 0.00912. The van der Waals surface area contributed by atoms with Crippen LogP contribution in [0, 0.1) is 0 Å². The van der Waals surface area contributed by atoms with Gasteiger partial charge in [-0.3, -0.25) is 0 Å². The normalized spacial score (nSPS) is 12.9. The van der Waals surface area contributed by atoms with Gasteiger partial charge in [0.2, 0.25) is 0 Å². The molecule has 2 heterocycles. The molecule has 1 atom stereocenters. The SMILES string of the molecule is CNCCC(c1cc2ccccc2o1)n1cnnn1. The van der Waals surface area contributed by atoms with Gasteiger partial charge in [-0.2, -0.15) is 0 Å². The number of hydrogen-bond acceptors (Lipinski definition) is 5. The average molecular weight is 257 g/mol. The van der Waals surface area contributed by atoms with E-state index < -0.39 is 0 Å². The quantitative estimate of drug-likeness (QED) is 0.752. The molecule has 0 aliphatic heterocycles. The lowest BCUT2D eigenvalue weighted by Crippen LogP contribution is -2.18. The van der Waals surface area contributed by atoms with Crippen LogP contribution in [0.15, 0.2) is 41.1 Å². The van der Waals surface area contributed by atoms with Gasteiger partial charge in [-0.15, -0.1) is 5.10 Å². The Kier molecular flexibility index (Phi) is 3.24. The minimum Gasteiger partial charge on any atom is -0.459 e. The Balaban J connectivity index is 1.98. The van der Waals surface area contributed by atoms with Crippen LogP contribution in [0.1, 0.15) is 18.2 Å². The number of benzene rings is 1. The van der Waals surface area contributed by atoms with Crippen molar-refractivity contribution in [3.05, 3.63) is 42.4 Å². The van der Waals surface area contributed by atoms with Gasteiger partial charge < -0.3 is 9.73 Å². The number of furan rings is 1. The zero-order valence-electron chi connectivity index (χ0n) is 10.7. The molecule has 6 heteroatoms. The van der Waals surface area contributed by atoms with E-state index in [-0.39, 0.29) is 6.04 Å². The van der Waals surface area contributed by atoms with Crippen LogP contribution in [0.4, 0.5) is 0 Å². The monoisotopic (exact) mass is 257 g/mol. The van der Waals surface area contributed by atoms with Crippen molar-refractivity contribution in [1.29, 1.82) is 0 Å². The molecule has 0 aliphatic carbocycles. The summed E-state index contributed by atoms with van der Waals surface area (Å²) in [5, 5.41) is 15.6. The van der Waals surface area contributed by atoms with Crippen molar-refractivity contribution in [2.45, 2.75) is 12.5 Å². The molecule has 6 nitrogen and oxygen atoms in total. The molecule has 3 aromatic rings. The van der Waals surface area contributed by atoms with Crippen LogP contribution in [0.2, 0.25) is 0 Å². The molecule has 0 spiro atoms. The van der Waals surface area contributed by atoms with Crippen molar-refractivity contribution < 1.29 is 4.42 Å². The number of tetrazole rings is 1. The third kappa shape index (κ3) is 2.34. The number of hydrogen-bond donors (Lipinski definition) is 1. The molecule has 0 saturated heterocycles. The van der Waals surface area contributed by atoms with Gasteiger partial charge in [0.1, 0.15) is 23.7 Å². The molecule has 0 amide bonds. The van der Waals surface area contributed by atoms with E-state index >= 15 is 0 Å². The first-order valence-corrected chi connectivity index (χ1v) is 6.24. The maximum absolute atomic E-state index is 5.91. The number of aromatic nitrogens is 4. The molecule has 98 valence electrons. The third-order valence-electron chi connectivity index (χ3n) is 3.12. The van der Waals surface area contributed by atoms with Crippen LogP contribution >= 0.6 is 0 Å². The highest BCUT2D eigenvalue weighted by Crippen LogP contribution is 2.27. The van der Waals surface area contributed by atoms with Crippen LogP contribution in [0.3, 0.4) is 0 Å². The van der Waals surface area contributed by atoms with Gasteiger partial charge in [0.15, 0.2) is 0 Å². The predicted octanol–water partition coefficient (Wildman–Crippen LogP) is 1.62. The van der Waals surface area contributed by atoms with Crippen molar-refractivity contribution in [1.82, 2.24) is 25.5 Å². The smallest absolute Gasteiger partial charge is 0.138 e. The van der Waals surface area contributed by atoms with Gasteiger partial charge in [-0.25, -0.2) is 4.68 Å². The van der Waals surface area contributed by atoms with Crippen molar-refractivity contribution in [3.8, 4) is 0 Å². The van der Waals surface area contributed by atoms with Gasteiger partial charge in [0.25, 0.3) is 0 Å². The fourth-order valence-electron chi connectivity index (χ4n) is 2.16. The Morgan fingerprint density at radius 1 is 1.37 bits per heavy atom. The molecule has 1 N–H and O–H groups in total. The highest BCUT2D eigenvalue weighted by atomic mass is 16.3. The summed E-state index contributed by atoms with van der Waals surface area (Å²) < 4.78 is 7.64. The van der Waals surface area contributed by atoms with E-state index in [0.717, 1.165) is 29.7 Å². The van der Waals surface area contributed by atoms with Crippen molar-refractivity contribution in [3.63, 3.8) is 0 Å².